The topological polar surface area (TPSA) is 61.3 Å². The molecular weight excluding hydrogens is 669 g/mol. The van der Waals surface area contributed by atoms with Gasteiger partial charge >= 0.3 is 0 Å². The molecule has 4 N–H and O–H groups in total. The van der Waals surface area contributed by atoms with Gasteiger partial charge in [-0.15, -0.1) is 0 Å². The van der Waals surface area contributed by atoms with Gasteiger partial charge < -0.3 is 16.2 Å². The summed E-state index contributed by atoms with van der Waals surface area (Å²) in [5.41, 5.74) is 20.2. The van der Waals surface area contributed by atoms with Crippen LogP contribution in [0, 0.1) is 52.3 Å². The smallest absolute Gasteiger partial charge is 0.129 e. The lowest BCUT2D eigenvalue weighted by Crippen LogP contribution is -2.55. The SMILES string of the molecule is CC(C)CCCC(C)C1CCC2C3CCC4CC(c5cccc(Cc6cccc(N)c6)c5)(c5cccc(Oc6cccc(N)c6)c5)CCC4(C)C3CCC12C. The van der Waals surface area contributed by atoms with Crippen LogP contribution in [0.2, 0.25) is 0 Å². The molecule has 9 atom stereocenters. The first-order valence-corrected chi connectivity index (χ1v) is 22.0. The molecule has 0 radical (unpaired) electrons. The number of ether oxygens (including phenoxy) is 1. The molecule has 4 saturated carbocycles. The minimum atomic E-state index is -0.0785. The second-order valence-electron chi connectivity index (χ2n) is 19.8. The summed E-state index contributed by atoms with van der Waals surface area (Å²) in [6, 6.07) is 34.8. The molecule has 4 fully saturated rings. The predicted molar refractivity (Wildman–Crippen MR) is 231 cm³/mol. The summed E-state index contributed by atoms with van der Waals surface area (Å²) in [6.45, 7) is 12.9. The molecule has 0 amide bonds. The van der Waals surface area contributed by atoms with Gasteiger partial charge in [-0.2, -0.15) is 0 Å². The van der Waals surface area contributed by atoms with Crippen LogP contribution in [0.4, 0.5) is 11.4 Å². The predicted octanol–water partition coefficient (Wildman–Crippen LogP) is 13.6. The molecule has 0 spiro atoms. The van der Waals surface area contributed by atoms with E-state index in [2.05, 4.69) is 101 Å². The molecule has 0 heterocycles. The lowest BCUT2D eigenvalue weighted by atomic mass is 9.42. The fourth-order valence-electron chi connectivity index (χ4n) is 13.5. The van der Waals surface area contributed by atoms with Crippen LogP contribution in [0.5, 0.6) is 11.5 Å². The number of hydrogen-bond acceptors (Lipinski definition) is 3. The minimum absolute atomic E-state index is 0.0785. The van der Waals surface area contributed by atoms with Crippen molar-refractivity contribution in [3.8, 4) is 11.5 Å². The van der Waals surface area contributed by atoms with E-state index in [9.17, 15) is 0 Å². The van der Waals surface area contributed by atoms with Gasteiger partial charge in [0.15, 0.2) is 0 Å². The van der Waals surface area contributed by atoms with Gasteiger partial charge in [0.05, 0.1) is 0 Å². The van der Waals surface area contributed by atoms with Crippen LogP contribution < -0.4 is 16.2 Å². The fourth-order valence-corrected chi connectivity index (χ4v) is 13.5. The number of rotatable bonds is 11. The van der Waals surface area contributed by atoms with E-state index in [4.69, 9.17) is 16.2 Å². The quantitative estimate of drug-likeness (QED) is 0.151. The van der Waals surface area contributed by atoms with Crippen LogP contribution in [0.15, 0.2) is 97.1 Å². The maximum atomic E-state index is 6.50. The van der Waals surface area contributed by atoms with E-state index in [0.717, 1.165) is 64.8 Å². The van der Waals surface area contributed by atoms with Gasteiger partial charge in [-0.05, 0) is 175 Å². The van der Waals surface area contributed by atoms with Crippen LogP contribution in [0.3, 0.4) is 0 Å². The van der Waals surface area contributed by atoms with Gasteiger partial charge in [-0.25, -0.2) is 0 Å². The molecule has 4 aromatic carbocycles. The minimum Gasteiger partial charge on any atom is -0.457 e. The Morgan fingerprint density at radius 2 is 1.29 bits per heavy atom. The van der Waals surface area contributed by atoms with Crippen molar-refractivity contribution in [1.82, 2.24) is 0 Å². The molecule has 0 bridgehead atoms. The van der Waals surface area contributed by atoms with E-state index in [1.54, 1.807) is 0 Å². The first-order chi connectivity index (χ1) is 26.5. The standard InChI is InChI=1S/C52H68N2O/c1-35(2)11-6-12-36(3)47-23-24-48-46-22-21-41-34-52(28-27-50(41,4)49(46)25-26-51(47,48)5,39-15-7-13-37(30-39)29-38-14-8-17-42(53)31-38)40-16-9-19-44(32-40)55-45-20-10-18-43(54)33-45/h7-10,13-20,30-33,35-36,41,46-49H,6,11-12,21-29,34,53-54H2,1-5H3. The van der Waals surface area contributed by atoms with Crippen molar-refractivity contribution in [3.63, 3.8) is 0 Å². The Balaban J connectivity index is 1.09. The van der Waals surface area contributed by atoms with Crippen molar-refractivity contribution in [3.05, 3.63) is 119 Å². The zero-order valence-electron chi connectivity index (χ0n) is 34.5. The normalized spacial score (nSPS) is 32.0. The number of hydrogen-bond donors (Lipinski definition) is 2. The lowest BCUT2D eigenvalue weighted by molar-refractivity contribution is -0.122. The number of anilines is 2. The number of nitrogen functional groups attached to an aromatic ring is 2. The zero-order chi connectivity index (χ0) is 38.4. The summed E-state index contributed by atoms with van der Waals surface area (Å²) >= 11 is 0. The van der Waals surface area contributed by atoms with Crippen LogP contribution in [-0.2, 0) is 11.8 Å². The summed E-state index contributed by atoms with van der Waals surface area (Å²) in [5.74, 6) is 7.64. The molecule has 292 valence electrons. The molecule has 8 rings (SSSR count). The summed E-state index contributed by atoms with van der Waals surface area (Å²) < 4.78 is 6.50. The van der Waals surface area contributed by atoms with Crippen LogP contribution >= 0.6 is 0 Å². The van der Waals surface area contributed by atoms with E-state index in [1.807, 2.05) is 30.3 Å². The average Bonchev–Trinajstić information content (AvgIpc) is 3.52. The Hall–Kier alpha value is -3.72. The van der Waals surface area contributed by atoms with Crippen molar-refractivity contribution < 1.29 is 4.74 Å². The molecule has 3 nitrogen and oxygen atoms in total. The van der Waals surface area contributed by atoms with Crippen LogP contribution in [-0.4, -0.2) is 0 Å². The Morgan fingerprint density at radius 1 is 0.636 bits per heavy atom. The Kier molecular flexibility index (Phi) is 10.6. The van der Waals surface area contributed by atoms with Gasteiger partial charge in [-0.1, -0.05) is 108 Å². The van der Waals surface area contributed by atoms with E-state index < -0.39 is 0 Å². The second-order valence-corrected chi connectivity index (χ2v) is 19.8. The molecule has 0 aromatic heterocycles. The van der Waals surface area contributed by atoms with Gasteiger partial charge in [0, 0.05) is 22.9 Å². The number of nitrogens with two attached hydrogens (primary N) is 2. The zero-order valence-corrected chi connectivity index (χ0v) is 34.5. The highest BCUT2D eigenvalue weighted by molar-refractivity contribution is 5.49. The van der Waals surface area contributed by atoms with Crippen LogP contribution in [0.25, 0.3) is 0 Å². The highest BCUT2D eigenvalue weighted by Crippen LogP contribution is 2.70. The molecule has 4 aromatic rings. The summed E-state index contributed by atoms with van der Waals surface area (Å²) in [7, 11) is 0. The van der Waals surface area contributed by atoms with Crippen molar-refractivity contribution in [2.45, 2.75) is 124 Å². The summed E-state index contributed by atoms with van der Waals surface area (Å²) in [6.07, 6.45) is 17.4. The van der Waals surface area contributed by atoms with Gasteiger partial charge in [0.2, 0.25) is 0 Å². The number of fused-ring (bicyclic) bond motifs is 5. The number of benzene rings is 4. The highest BCUT2D eigenvalue weighted by Gasteiger charge is 2.62. The van der Waals surface area contributed by atoms with Crippen molar-refractivity contribution in [2.75, 3.05) is 11.5 Å². The third-order valence-corrected chi connectivity index (χ3v) is 16.3. The first kappa shape index (κ1) is 38.2. The van der Waals surface area contributed by atoms with Gasteiger partial charge in [-0.3, -0.25) is 0 Å². The van der Waals surface area contributed by atoms with E-state index in [1.165, 1.54) is 99.3 Å². The summed E-state index contributed by atoms with van der Waals surface area (Å²) in [5, 5.41) is 0. The molecule has 4 aliphatic carbocycles. The average molecular weight is 737 g/mol. The molecule has 0 saturated heterocycles. The Morgan fingerprint density at radius 3 is 2.04 bits per heavy atom. The second kappa shape index (κ2) is 15.3. The molecular formula is C52H68N2O. The van der Waals surface area contributed by atoms with Crippen molar-refractivity contribution >= 4 is 11.4 Å². The molecule has 0 aliphatic heterocycles. The molecule has 9 unspecified atom stereocenters. The molecule has 55 heavy (non-hydrogen) atoms. The maximum Gasteiger partial charge on any atom is 0.129 e. The Bertz CT molecular complexity index is 1860. The van der Waals surface area contributed by atoms with Crippen molar-refractivity contribution in [1.29, 1.82) is 0 Å². The highest BCUT2D eigenvalue weighted by atomic mass is 16.5. The van der Waals surface area contributed by atoms with Gasteiger partial charge in [0.1, 0.15) is 11.5 Å². The lowest BCUT2D eigenvalue weighted by Gasteiger charge is -2.63. The van der Waals surface area contributed by atoms with Gasteiger partial charge in [0.25, 0.3) is 0 Å². The van der Waals surface area contributed by atoms with E-state index >= 15 is 0 Å². The van der Waals surface area contributed by atoms with Crippen molar-refractivity contribution in [2.24, 2.45) is 52.3 Å². The van der Waals surface area contributed by atoms with Crippen LogP contribution in [0.1, 0.15) is 134 Å². The first-order valence-electron chi connectivity index (χ1n) is 22.0. The monoisotopic (exact) mass is 737 g/mol. The third kappa shape index (κ3) is 7.35. The molecule has 3 heteroatoms. The maximum absolute atomic E-state index is 6.50. The largest absolute Gasteiger partial charge is 0.457 e. The fraction of sp³-hybridized carbons (Fsp3) is 0.538. The van der Waals surface area contributed by atoms with E-state index in [-0.39, 0.29) is 5.41 Å². The summed E-state index contributed by atoms with van der Waals surface area (Å²) in [4.78, 5) is 0. The Labute approximate surface area is 333 Å². The molecule has 4 aliphatic rings. The third-order valence-electron chi connectivity index (χ3n) is 16.3. The van der Waals surface area contributed by atoms with E-state index in [0.29, 0.717) is 16.7 Å².